The van der Waals surface area contributed by atoms with E-state index >= 15 is 0 Å². The quantitative estimate of drug-likeness (QED) is 0.531. The lowest BCUT2D eigenvalue weighted by molar-refractivity contribution is -0.122. The van der Waals surface area contributed by atoms with Crippen LogP contribution in [0.15, 0.2) is 77.7 Å². The van der Waals surface area contributed by atoms with Crippen LogP contribution in [0.2, 0.25) is 0 Å². The lowest BCUT2D eigenvalue weighted by Crippen LogP contribution is -2.48. The lowest BCUT2D eigenvalue weighted by atomic mass is 10.2. The number of carbonyl (C=O) groups is 1. The smallest absolute Gasteiger partial charge is 0.267 e. The Morgan fingerprint density at radius 3 is 2.21 bits per heavy atom. The highest BCUT2D eigenvalue weighted by atomic mass is 32.2. The summed E-state index contributed by atoms with van der Waals surface area (Å²) in [6, 6.07) is 16.7. The molecule has 178 valence electrons. The van der Waals surface area contributed by atoms with Gasteiger partial charge in [0, 0.05) is 11.4 Å². The Balaban J connectivity index is 1.47. The maximum absolute atomic E-state index is 13.0. The minimum Gasteiger partial charge on any atom is -0.476 e. The lowest BCUT2D eigenvalue weighted by Gasteiger charge is -2.33. The summed E-state index contributed by atoms with van der Waals surface area (Å²) < 4.78 is 71.7. The van der Waals surface area contributed by atoms with Crippen LogP contribution >= 0.6 is 0 Å². The Kier molecular flexibility index (Phi) is 6.19. The molecule has 0 radical (unpaired) electrons. The fourth-order valence-electron chi connectivity index (χ4n) is 3.33. The van der Waals surface area contributed by atoms with Crippen molar-refractivity contribution in [1.82, 2.24) is 0 Å². The molecule has 1 heterocycles. The van der Waals surface area contributed by atoms with Gasteiger partial charge in [-0.3, -0.25) is 13.8 Å². The van der Waals surface area contributed by atoms with Gasteiger partial charge in [-0.05, 0) is 60.7 Å². The van der Waals surface area contributed by atoms with Crippen LogP contribution in [0.1, 0.15) is 0 Å². The maximum Gasteiger partial charge on any atom is 0.267 e. The van der Waals surface area contributed by atoms with Gasteiger partial charge in [0.1, 0.15) is 11.6 Å². The highest BCUT2D eigenvalue weighted by Gasteiger charge is 2.34. The van der Waals surface area contributed by atoms with E-state index in [0.717, 1.165) is 22.7 Å². The molecule has 1 aliphatic heterocycles. The number of sulfonamides is 2. The second kappa shape index (κ2) is 8.95. The van der Waals surface area contributed by atoms with E-state index < -0.39 is 37.9 Å². The van der Waals surface area contributed by atoms with E-state index in [1.54, 1.807) is 24.3 Å². The minimum absolute atomic E-state index is 0.0686. The van der Waals surface area contributed by atoms with Gasteiger partial charge in [0.2, 0.25) is 10.0 Å². The molecule has 0 saturated carbocycles. The monoisotopic (exact) mass is 505 g/mol. The van der Waals surface area contributed by atoms with Crippen molar-refractivity contribution < 1.29 is 30.8 Å². The number of rotatable bonds is 6. The van der Waals surface area contributed by atoms with Crippen LogP contribution in [-0.4, -0.2) is 41.6 Å². The zero-order chi connectivity index (χ0) is 24.5. The molecular formula is C22H20FN3O6S2. The average molecular weight is 506 g/mol. The van der Waals surface area contributed by atoms with Crippen LogP contribution in [0, 0.1) is 5.82 Å². The Labute approximate surface area is 196 Å². The van der Waals surface area contributed by atoms with Gasteiger partial charge in [-0.2, -0.15) is 0 Å². The van der Waals surface area contributed by atoms with Crippen LogP contribution in [-0.2, 0) is 24.8 Å². The van der Waals surface area contributed by atoms with Crippen molar-refractivity contribution in [2.45, 2.75) is 11.0 Å². The summed E-state index contributed by atoms with van der Waals surface area (Å²) in [5, 5.41) is 2.61. The van der Waals surface area contributed by atoms with Gasteiger partial charge in [-0.15, -0.1) is 0 Å². The third-order valence-electron chi connectivity index (χ3n) is 4.96. The third-order valence-corrected chi connectivity index (χ3v) is 7.50. The van der Waals surface area contributed by atoms with Gasteiger partial charge in [0.05, 0.1) is 23.4 Å². The van der Waals surface area contributed by atoms with Gasteiger partial charge < -0.3 is 10.1 Å². The molecule has 12 heteroatoms. The average Bonchev–Trinajstić information content (AvgIpc) is 2.79. The number of hydrogen-bond donors (Lipinski definition) is 2. The molecule has 0 spiro atoms. The molecule has 0 bridgehead atoms. The predicted octanol–water partition coefficient (Wildman–Crippen LogP) is 2.79. The number of benzene rings is 3. The van der Waals surface area contributed by atoms with E-state index in [0.29, 0.717) is 11.4 Å². The summed E-state index contributed by atoms with van der Waals surface area (Å²) in [6.07, 6.45) is -0.0726. The Bertz CT molecular complexity index is 1430. The molecule has 0 saturated heterocycles. The topological polar surface area (TPSA) is 122 Å². The summed E-state index contributed by atoms with van der Waals surface area (Å²) in [7, 11) is -7.58. The normalized spacial score (nSPS) is 15.7. The van der Waals surface area contributed by atoms with Crippen molar-refractivity contribution >= 4 is 43.0 Å². The minimum atomic E-state index is -3.93. The first-order valence-corrected chi connectivity index (χ1v) is 13.3. The molecular weight excluding hydrogens is 485 g/mol. The Morgan fingerprint density at radius 1 is 0.941 bits per heavy atom. The van der Waals surface area contributed by atoms with E-state index in [1.165, 1.54) is 36.4 Å². The second-order valence-corrected chi connectivity index (χ2v) is 11.1. The van der Waals surface area contributed by atoms with Crippen LogP contribution in [0.3, 0.4) is 0 Å². The van der Waals surface area contributed by atoms with Gasteiger partial charge in [-0.25, -0.2) is 21.2 Å². The van der Waals surface area contributed by atoms with Crippen LogP contribution in [0.5, 0.6) is 5.75 Å². The van der Waals surface area contributed by atoms with Gasteiger partial charge in [0.25, 0.3) is 15.9 Å². The van der Waals surface area contributed by atoms with Crippen molar-refractivity contribution in [1.29, 1.82) is 0 Å². The van der Waals surface area contributed by atoms with Crippen molar-refractivity contribution in [2.75, 3.05) is 27.1 Å². The molecule has 4 rings (SSSR count). The highest BCUT2D eigenvalue weighted by molar-refractivity contribution is 7.92. The summed E-state index contributed by atoms with van der Waals surface area (Å²) >= 11 is 0. The van der Waals surface area contributed by atoms with Crippen molar-refractivity contribution in [3.05, 3.63) is 78.6 Å². The zero-order valence-electron chi connectivity index (χ0n) is 17.8. The molecule has 0 aliphatic carbocycles. The molecule has 1 amide bonds. The molecule has 1 atom stereocenters. The molecule has 9 nitrogen and oxygen atoms in total. The molecule has 3 aromatic rings. The number of fused-ring (bicyclic) bond motifs is 1. The summed E-state index contributed by atoms with van der Waals surface area (Å²) in [6.45, 7) is -0.213. The van der Waals surface area contributed by atoms with Crippen molar-refractivity contribution in [3.63, 3.8) is 0 Å². The summed E-state index contributed by atoms with van der Waals surface area (Å²) in [5.41, 5.74) is 0.834. The SMILES string of the molecule is CS(=O)(=O)N1C[C@@H](C(=O)Nc2ccc(S(=O)(=O)Nc3ccc(F)cc3)cc2)Oc2ccccc21. The van der Waals surface area contributed by atoms with E-state index in [1.807, 2.05) is 0 Å². The van der Waals surface area contributed by atoms with Gasteiger partial charge >= 0.3 is 0 Å². The first-order chi connectivity index (χ1) is 16.0. The molecule has 1 aliphatic rings. The number of halogens is 1. The van der Waals surface area contributed by atoms with E-state index in [9.17, 15) is 26.0 Å². The number of ether oxygens (including phenoxy) is 1. The van der Waals surface area contributed by atoms with E-state index in [2.05, 4.69) is 10.0 Å². The van der Waals surface area contributed by atoms with E-state index in [4.69, 9.17) is 4.74 Å². The van der Waals surface area contributed by atoms with Crippen LogP contribution in [0.4, 0.5) is 21.5 Å². The molecule has 0 aromatic heterocycles. The molecule has 2 N–H and O–H groups in total. The fourth-order valence-corrected chi connectivity index (χ4v) is 5.30. The number of anilines is 3. The third kappa shape index (κ3) is 5.13. The van der Waals surface area contributed by atoms with Crippen LogP contribution < -0.4 is 19.1 Å². The summed E-state index contributed by atoms with van der Waals surface area (Å²) in [4.78, 5) is 12.7. The largest absolute Gasteiger partial charge is 0.476 e. The number of amides is 1. The number of para-hydroxylation sites is 2. The number of carbonyl (C=O) groups excluding carboxylic acids is 1. The predicted molar refractivity (Wildman–Crippen MR) is 125 cm³/mol. The van der Waals surface area contributed by atoms with Gasteiger partial charge in [-0.1, -0.05) is 12.1 Å². The first-order valence-electron chi connectivity index (χ1n) is 9.96. The van der Waals surface area contributed by atoms with Gasteiger partial charge in [0.15, 0.2) is 6.10 Å². The maximum atomic E-state index is 13.0. The van der Waals surface area contributed by atoms with Crippen molar-refractivity contribution in [2.24, 2.45) is 0 Å². The number of nitrogens with one attached hydrogen (secondary N) is 2. The van der Waals surface area contributed by atoms with Crippen molar-refractivity contribution in [3.8, 4) is 5.75 Å². The summed E-state index contributed by atoms with van der Waals surface area (Å²) in [5.74, 6) is -0.830. The number of hydrogen-bond acceptors (Lipinski definition) is 6. The molecule has 0 unspecified atom stereocenters. The van der Waals surface area contributed by atoms with Crippen LogP contribution in [0.25, 0.3) is 0 Å². The second-order valence-electron chi connectivity index (χ2n) is 7.49. The number of nitrogens with zero attached hydrogens (tertiary/aromatic N) is 1. The first kappa shape index (κ1) is 23.5. The fraction of sp³-hybridized carbons (Fsp3) is 0.136. The highest BCUT2D eigenvalue weighted by Crippen LogP contribution is 2.34. The molecule has 34 heavy (non-hydrogen) atoms. The Hall–Kier alpha value is -3.64. The van der Waals surface area contributed by atoms with E-state index in [-0.39, 0.29) is 22.9 Å². The Morgan fingerprint density at radius 2 is 1.56 bits per heavy atom. The zero-order valence-corrected chi connectivity index (χ0v) is 19.4. The molecule has 0 fully saturated rings. The standard InChI is InChI=1S/C22H20FN3O6S2/c1-33(28,29)26-14-21(32-20-5-3-2-4-19(20)26)22(27)24-16-10-12-18(13-11-16)34(30,31)25-17-8-6-15(23)7-9-17/h2-13,21,25H,14H2,1H3,(H,24,27)/t21-/m0/s1. The molecule has 3 aromatic carbocycles.